The molecule has 31 heavy (non-hydrogen) atoms. The van der Waals surface area contributed by atoms with Crippen molar-refractivity contribution in [3.63, 3.8) is 0 Å². The van der Waals surface area contributed by atoms with E-state index in [0.29, 0.717) is 37.7 Å². The van der Waals surface area contributed by atoms with Crippen molar-refractivity contribution in [3.05, 3.63) is 59.7 Å². The van der Waals surface area contributed by atoms with Gasteiger partial charge in [0.2, 0.25) is 0 Å². The molecule has 6 nitrogen and oxygen atoms in total. The van der Waals surface area contributed by atoms with E-state index in [1.165, 1.54) is 5.56 Å². The third kappa shape index (κ3) is 9.30. The highest BCUT2D eigenvalue weighted by atomic mass is 16.6. The highest BCUT2D eigenvalue weighted by Crippen LogP contribution is 2.29. The first-order chi connectivity index (χ1) is 14.8. The Kier molecular flexibility index (Phi) is 9.66. The van der Waals surface area contributed by atoms with Crippen LogP contribution in [0.15, 0.2) is 48.5 Å². The van der Waals surface area contributed by atoms with Gasteiger partial charge in [0.05, 0.1) is 26.4 Å². The molecule has 0 bridgehead atoms. The first-order valence-electron chi connectivity index (χ1n) is 10.7. The van der Waals surface area contributed by atoms with Gasteiger partial charge in [-0.15, -0.1) is 0 Å². The number of carbonyl (C=O) groups excluding carboxylic acids is 1. The standard InChI is InChI=1S/C25H35NO5/c1-6-29-18-21(26-24(27)31-25(2,3)4)16-20-12-13-22(28-5)23(17-20)30-15-14-19-10-8-7-9-11-19/h7-13,17,21H,6,14-16,18H2,1-5H3,(H,26,27). The van der Waals surface area contributed by atoms with Crippen LogP contribution in [0.25, 0.3) is 0 Å². The van der Waals surface area contributed by atoms with Crippen LogP contribution in [0.5, 0.6) is 11.5 Å². The lowest BCUT2D eigenvalue weighted by Crippen LogP contribution is -2.42. The Labute approximate surface area is 185 Å². The lowest BCUT2D eigenvalue weighted by atomic mass is 10.1. The van der Waals surface area contributed by atoms with Crippen molar-refractivity contribution >= 4 is 6.09 Å². The van der Waals surface area contributed by atoms with Gasteiger partial charge < -0.3 is 24.3 Å². The first kappa shape index (κ1) is 24.5. The third-order valence-corrected chi connectivity index (χ3v) is 4.45. The number of carbonyl (C=O) groups is 1. The van der Waals surface area contributed by atoms with Gasteiger partial charge in [-0.3, -0.25) is 0 Å². The van der Waals surface area contributed by atoms with Crippen LogP contribution in [0.2, 0.25) is 0 Å². The molecule has 2 aromatic rings. The van der Waals surface area contributed by atoms with Gasteiger partial charge in [-0.1, -0.05) is 36.4 Å². The molecular weight excluding hydrogens is 394 g/mol. The highest BCUT2D eigenvalue weighted by molar-refractivity contribution is 5.68. The maximum atomic E-state index is 12.2. The second-order valence-corrected chi connectivity index (χ2v) is 8.28. The molecule has 0 heterocycles. The van der Waals surface area contributed by atoms with Gasteiger partial charge in [-0.2, -0.15) is 0 Å². The van der Waals surface area contributed by atoms with Crippen LogP contribution in [0, 0.1) is 0 Å². The lowest BCUT2D eigenvalue weighted by Gasteiger charge is -2.24. The molecule has 0 aliphatic rings. The quantitative estimate of drug-likeness (QED) is 0.556. The SMILES string of the molecule is CCOCC(Cc1ccc(OC)c(OCCc2ccccc2)c1)NC(=O)OC(C)(C)C. The van der Waals surface area contributed by atoms with Crippen LogP contribution >= 0.6 is 0 Å². The summed E-state index contributed by atoms with van der Waals surface area (Å²) >= 11 is 0. The van der Waals surface area contributed by atoms with E-state index in [2.05, 4.69) is 17.4 Å². The Morgan fingerprint density at radius 1 is 1.03 bits per heavy atom. The Balaban J connectivity index is 2.04. The van der Waals surface area contributed by atoms with Crippen molar-refractivity contribution in [2.45, 2.75) is 52.2 Å². The molecule has 0 radical (unpaired) electrons. The van der Waals surface area contributed by atoms with Gasteiger partial charge >= 0.3 is 6.09 Å². The zero-order chi connectivity index (χ0) is 22.7. The number of hydrogen-bond acceptors (Lipinski definition) is 5. The molecule has 1 amide bonds. The van der Waals surface area contributed by atoms with E-state index in [0.717, 1.165) is 12.0 Å². The predicted molar refractivity (Wildman–Crippen MR) is 122 cm³/mol. The van der Waals surface area contributed by atoms with Crippen molar-refractivity contribution in [2.24, 2.45) is 0 Å². The Hall–Kier alpha value is -2.73. The summed E-state index contributed by atoms with van der Waals surface area (Å²) < 4.78 is 22.4. The van der Waals surface area contributed by atoms with Crippen molar-refractivity contribution in [1.29, 1.82) is 0 Å². The van der Waals surface area contributed by atoms with Gasteiger partial charge in [-0.25, -0.2) is 4.79 Å². The Morgan fingerprint density at radius 2 is 1.77 bits per heavy atom. The fraction of sp³-hybridized carbons (Fsp3) is 0.480. The first-order valence-corrected chi connectivity index (χ1v) is 10.7. The molecule has 0 spiro atoms. The monoisotopic (exact) mass is 429 g/mol. The van der Waals surface area contributed by atoms with Gasteiger partial charge in [0.1, 0.15) is 5.60 Å². The molecule has 6 heteroatoms. The molecule has 2 aromatic carbocycles. The molecule has 0 aliphatic carbocycles. The van der Waals surface area contributed by atoms with Gasteiger partial charge in [0.25, 0.3) is 0 Å². The topological polar surface area (TPSA) is 66.0 Å². The van der Waals surface area contributed by atoms with E-state index in [9.17, 15) is 4.79 Å². The van der Waals surface area contributed by atoms with Crippen LogP contribution < -0.4 is 14.8 Å². The normalized spacial score (nSPS) is 12.2. The summed E-state index contributed by atoms with van der Waals surface area (Å²) in [5.74, 6) is 1.36. The van der Waals surface area contributed by atoms with Gasteiger partial charge in [-0.05, 0) is 57.4 Å². The van der Waals surface area contributed by atoms with Crippen LogP contribution in [-0.2, 0) is 22.3 Å². The average molecular weight is 430 g/mol. The van der Waals surface area contributed by atoms with E-state index in [1.54, 1.807) is 7.11 Å². The van der Waals surface area contributed by atoms with Crippen LogP contribution in [-0.4, -0.2) is 44.7 Å². The molecule has 0 saturated carbocycles. The van der Waals surface area contributed by atoms with E-state index in [1.807, 2.05) is 64.1 Å². The van der Waals surface area contributed by atoms with Crippen molar-refractivity contribution in [1.82, 2.24) is 5.32 Å². The molecular formula is C25H35NO5. The summed E-state index contributed by atoms with van der Waals surface area (Å²) in [7, 11) is 1.63. The van der Waals surface area contributed by atoms with Crippen LogP contribution in [0.3, 0.4) is 0 Å². The number of hydrogen-bond donors (Lipinski definition) is 1. The van der Waals surface area contributed by atoms with Crippen molar-refractivity contribution in [2.75, 3.05) is 26.9 Å². The Morgan fingerprint density at radius 3 is 2.42 bits per heavy atom. The summed E-state index contributed by atoms with van der Waals surface area (Å²) in [5.41, 5.74) is 1.67. The number of rotatable bonds is 11. The minimum Gasteiger partial charge on any atom is -0.493 e. The highest BCUT2D eigenvalue weighted by Gasteiger charge is 2.20. The third-order valence-electron chi connectivity index (χ3n) is 4.45. The second kappa shape index (κ2) is 12.2. The van der Waals surface area contributed by atoms with Crippen LogP contribution in [0.1, 0.15) is 38.8 Å². The molecule has 2 rings (SSSR count). The number of alkyl carbamates (subject to hydrolysis) is 1. The fourth-order valence-corrected chi connectivity index (χ4v) is 3.05. The van der Waals surface area contributed by atoms with Crippen molar-refractivity contribution in [3.8, 4) is 11.5 Å². The zero-order valence-corrected chi connectivity index (χ0v) is 19.3. The smallest absolute Gasteiger partial charge is 0.407 e. The summed E-state index contributed by atoms with van der Waals surface area (Å²) in [5, 5.41) is 2.91. The minimum absolute atomic E-state index is 0.222. The molecule has 0 fully saturated rings. The fourth-order valence-electron chi connectivity index (χ4n) is 3.05. The second-order valence-electron chi connectivity index (χ2n) is 8.28. The maximum Gasteiger partial charge on any atom is 0.407 e. The van der Waals surface area contributed by atoms with Gasteiger partial charge in [0, 0.05) is 13.0 Å². The summed E-state index contributed by atoms with van der Waals surface area (Å²) in [6.07, 6.45) is 0.935. The average Bonchev–Trinajstić information content (AvgIpc) is 2.71. The van der Waals surface area contributed by atoms with E-state index in [4.69, 9.17) is 18.9 Å². The Bertz CT molecular complexity index is 801. The van der Waals surface area contributed by atoms with E-state index < -0.39 is 11.7 Å². The molecule has 0 aliphatic heterocycles. The number of amides is 1. The molecule has 1 unspecified atom stereocenters. The molecule has 0 aromatic heterocycles. The van der Waals surface area contributed by atoms with E-state index >= 15 is 0 Å². The molecule has 0 saturated heterocycles. The lowest BCUT2D eigenvalue weighted by molar-refractivity contribution is 0.0449. The summed E-state index contributed by atoms with van der Waals surface area (Å²) in [6.45, 7) is 8.96. The molecule has 1 N–H and O–H groups in total. The molecule has 1 atom stereocenters. The number of ether oxygens (including phenoxy) is 4. The predicted octanol–water partition coefficient (Wildman–Crippen LogP) is 4.79. The number of methoxy groups -OCH3 is 1. The summed E-state index contributed by atoms with van der Waals surface area (Å²) in [4.78, 5) is 12.2. The number of nitrogens with one attached hydrogen (secondary N) is 1. The minimum atomic E-state index is -0.555. The van der Waals surface area contributed by atoms with Crippen LogP contribution in [0.4, 0.5) is 4.79 Å². The summed E-state index contributed by atoms with van der Waals surface area (Å²) in [6, 6.07) is 15.8. The van der Waals surface area contributed by atoms with E-state index in [-0.39, 0.29) is 6.04 Å². The number of benzene rings is 2. The zero-order valence-electron chi connectivity index (χ0n) is 19.3. The maximum absolute atomic E-state index is 12.2. The van der Waals surface area contributed by atoms with Crippen molar-refractivity contribution < 1.29 is 23.7 Å². The molecule has 170 valence electrons. The largest absolute Gasteiger partial charge is 0.493 e. The van der Waals surface area contributed by atoms with Gasteiger partial charge in [0.15, 0.2) is 11.5 Å².